The number of hydrogen-bond acceptors (Lipinski definition) is 2. The first-order chi connectivity index (χ1) is 6.86. The predicted molar refractivity (Wildman–Crippen MR) is 68.5 cm³/mol. The van der Waals surface area contributed by atoms with Crippen molar-refractivity contribution in [1.29, 1.82) is 0 Å². The molecule has 0 atom stereocenters. The summed E-state index contributed by atoms with van der Waals surface area (Å²) in [5, 5.41) is 9.96. The molecule has 0 saturated carbocycles. The van der Waals surface area contributed by atoms with Crippen molar-refractivity contribution in [1.82, 2.24) is 0 Å². The highest BCUT2D eigenvalue weighted by atomic mass is 28.4. The normalized spacial score (nSPS) is 13.6. The van der Waals surface area contributed by atoms with Crippen LogP contribution in [0.3, 0.4) is 0 Å². The summed E-state index contributed by atoms with van der Waals surface area (Å²) in [6.07, 6.45) is 3.98. The highest BCUT2D eigenvalue weighted by Gasteiger charge is 2.45. The third kappa shape index (κ3) is 3.57. The Hall–Kier alpha value is 0.137. The molecule has 0 amide bonds. The summed E-state index contributed by atoms with van der Waals surface area (Å²) in [5.41, 5.74) is 0. The van der Waals surface area contributed by atoms with Crippen molar-refractivity contribution in [3.05, 3.63) is 0 Å². The van der Waals surface area contributed by atoms with E-state index in [-0.39, 0.29) is 0 Å². The van der Waals surface area contributed by atoms with Crippen molar-refractivity contribution in [2.24, 2.45) is 0 Å². The maximum Gasteiger partial charge on any atom is 0.218 e. The van der Waals surface area contributed by atoms with E-state index in [9.17, 15) is 5.11 Å². The van der Waals surface area contributed by atoms with Gasteiger partial charge in [0.1, 0.15) is 0 Å². The van der Waals surface area contributed by atoms with E-state index in [4.69, 9.17) is 4.43 Å². The topological polar surface area (TPSA) is 29.5 Å². The molecule has 0 spiro atoms. The fourth-order valence-corrected chi connectivity index (χ4v) is 5.17. The highest BCUT2D eigenvalue weighted by Crippen LogP contribution is 2.30. The largest absolute Gasteiger partial charge is 0.412 e. The fraction of sp³-hybridized carbons (Fsp3) is 1.00. The second-order valence-electron chi connectivity index (χ2n) is 4.81. The Balaban J connectivity index is 4.64. The quantitative estimate of drug-likeness (QED) is 0.681. The van der Waals surface area contributed by atoms with E-state index < -0.39 is 13.5 Å². The lowest BCUT2D eigenvalue weighted by Crippen LogP contribution is -2.57. The Kier molecular flexibility index (Phi) is 6.07. The smallest absolute Gasteiger partial charge is 0.218 e. The summed E-state index contributed by atoms with van der Waals surface area (Å²) in [7, 11) is -2.01. The fourth-order valence-electron chi connectivity index (χ4n) is 2.08. The van der Waals surface area contributed by atoms with Crippen LogP contribution in [-0.2, 0) is 4.43 Å². The average molecular weight is 232 g/mol. The average Bonchev–Trinajstić information content (AvgIpc) is 2.24. The third-order valence-electron chi connectivity index (χ3n) is 3.66. The van der Waals surface area contributed by atoms with Crippen LogP contribution < -0.4 is 0 Å². The Morgan fingerprint density at radius 1 is 1.07 bits per heavy atom. The Morgan fingerprint density at radius 2 is 1.47 bits per heavy atom. The van der Waals surface area contributed by atoms with Gasteiger partial charge in [0.05, 0.1) is 5.22 Å². The zero-order chi connectivity index (χ0) is 12.1. The molecule has 0 rings (SSSR count). The van der Waals surface area contributed by atoms with Gasteiger partial charge in [-0.15, -0.1) is 0 Å². The van der Waals surface area contributed by atoms with E-state index in [2.05, 4.69) is 40.8 Å². The molecule has 0 heterocycles. The Bertz CT molecular complexity index is 172. The minimum atomic E-state index is -2.01. The molecule has 0 bridgehead atoms. The third-order valence-corrected chi connectivity index (χ3v) is 7.53. The first kappa shape index (κ1) is 15.1. The molecule has 2 nitrogen and oxygen atoms in total. The molecule has 0 aliphatic heterocycles. The summed E-state index contributed by atoms with van der Waals surface area (Å²) < 4.78 is 6.17. The molecule has 15 heavy (non-hydrogen) atoms. The molecule has 0 aromatic rings. The second-order valence-corrected chi connectivity index (χ2v) is 8.99. The lowest BCUT2D eigenvalue weighted by Gasteiger charge is -2.41. The Labute approximate surface area is 96.2 Å². The maximum atomic E-state index is 10.5. The number of rotatable bonds is 7. The SMILES string of the molecule is CCC(CC)O[Si](C)(C)C(O)(CC)CC. The number of hydrogen-bond donors (Lipinski definition) is 1. The predicted octanol–water partition coefficient (Wildman–Crippen LogP) is 3.49. The van der Waals surface area contributed by atoms with Gasteiger partial charge in [-0.25, -0.2) is 0 Å². The highest BCUT2D eigenvalue weighted by molar-refractivity contribution is 6.74. The van der Waals surface area contributed by atoms with Crippen molar-refractivity contribution in [2.45, 2.75) is 77.8 Å². The minimum absolute atomic E-state index is 0.316. The van der Waals surface area contributed by atoms with Gasteiger partial charge in [-0.2, -0.15) is 0 Å². The van der Waals surface area contributed by atoms with Crippen LogP contribution in [-0.4, -0.2) is 24.8 Å². The van der Waals surface area contributed by atoms with Crippen LogP contribution in [0, 0.1) is 0 Å². The van der Waals surface area contributed by atoms with Crippen molar-refractivity contribution in [3.8, 4) is 0 Å². The van der Waals surface area contributed by atoms with Gasteiger partial charge in [-0.3, -0.25) is 0 Å². The lowest BCUT2D eigenvalue weighted by molar-refractivity contribution is 0.0601. The zero-order valence-electron chi connectivity index (χ0n) is 11.3. The van der Waals surface area contributed by atoms with Crippen molar-refractivity contribution in [2.75, 3.05) is 0 Å². The molecular weight excluding hydrogens is 204 g/mol. The van der Waals surface area contributed by atoms with Crippen LogP contribution in [0.4, 0.5) is 0 Å². The minimum Gasteiger partial charge on any atom is -0.412 e. The van der Waals surface area contributed by atoms with Gasteiger partial charge in [0.2, 0.25) is 8.32 Å². The van der Waals surface area contributed by atoms with Gasteiger partial charge in [0.25, 0.3) is 0 Å². The van der Waals surface area contributed by atoms with Gasteiger partial charge >= 0.3 is 0 Å². The van der Waals surface area contributed by atoms with E-state index in [1.807, 2.05) is 0 Å². The molecule has 0 aliphatic rings. The zero-order valence-corrected chi connectivity index (χ0v) is 12.3. The van der Waals surface area contributed by atoms with Gasteiger partial charge in [0.15, 0.2) is 0 Å². The molecule has 0 aliphatic carbocycles. The first-order valence-electron chi connectivity index (χ1n) is 6.27. The molecule has 3 heteroatoms. The molecular formula is C12H28O2Si. The van der Waals surface area contributed by atoms with Gasteiger partial charge in [0, 0.05) is 6.10 Å². The first-order valence-corrected chi connectivity index (χ1v) is 9.17. The maximum absolute atomic E-state index is 10.5. The molecule has 0 saturated heterocycles. The lowest BCUT2D eigenvalue weighted by atomic mass is 10.2. The van der Waals surface area contributed by atoms with E-state index in [1.165, 1.54) is 0 Å². The van der Waals surface area contributed by atoms with Gasteiger partial charge in [-0.05, 0) is 38.8 Å². The Morgan fingerprint density at radius 3 is 1.73 bits per heavy atom. The number of aliphatic hydroxyl groups is 1. The van der Waals surface area contributed by atoms with Crippen LogP contribution in [0.5, 0.6) is 0 Å². The van der Waals surface area contributed by atoms with Gasteiger partial charge in [-0.1, -0.05) is 27.7 Å². The van der Waals surface area contributed by atoms with E-state index in [0.29, 0.717) is 6.10 Å². The summed E-state index contributed by atoms with van der Waals surface area (Å²) >= 11 is 0. The van der Waals surface area contributed by atoms with Crippen LogP contribution in [0.15, 0.2) is 0 Å². The standard InChI is InChI=1S/C12H28O2Si/c1-7-11(8-2)14-15(5,6)12(13,9-3)10-4/h11,13H,7-10H2,1-6H3. The van der Waals surface area contributed by atoms with Crippen molar-refractivity contribution >= 4 is 8.32 Å². The van der Waals surface area contributed by atoms with Crippen molar-refractivity contribution in [3.63, 3.8) is 0 Å². The van der Waals surface area contributed by atoms with Crippen LogP contribution in [0.2, 0.25) is 13.1 Å². The van der Waals surface area contributed by atoms with Crippen LogP contribution in [0.25, 0.3) is 0 Å². The van der Waals surface area contributed by atoms with Crippen molar-refractivity contribution < 1.29 is 9.53 Å². The summed E-state index contributed by atoms with van der Waals surface area (Å²) in [6, 6.07) is 0. The molecule has 0 aromatic carbocycles. The molecule has 0 fully saturated rings. The molecule has 1 N–H and O–H groups in total. The van der Waals surface area contributed by atoms with E-state index >= 15 is 0 Å². The second kappa shape index (κ2) is 6.02. The molecule has 0 radical (unpaired) electrons. The monoisotopic (exact) mass is 232 g/mol. The van der Waals surface area contributed by atoms with Gasteiger partial charge < -0.3 is 9.53 Å². The van der Waals surface area contributed by atoms with Crippen LogP contribution in [0.1, 0.15) is 53.4 Å². The van der Waals surface area contributed by atoms with Crippen LogP contribution >= 0.6 is 0 Å². The van der Waals surface area contributed by atoms with E-state index in [0.717, 1.165) is 25.7 Å². The van der Waals surface area contributed by atoms with E-state index in [1.54, 1.807) is 0 Å². The molecule has 0 aromatic heterocycles. The summed E-state index contributed by atoms with van der Waals surface area (Å²) in [5.74, 6) is 0. The molecule has 92 valence electrons. The summed E-state index contributed by atoms with van der Waals surface area (Å²) in [4.78, 5) is 0. The summed E-state index contributed by atoms with van der Waals surface area (Å²) in [6.45, 7) is 12.7. The molecule has 0 unspecified atom stereocenters.